The van der Waals surface area contributed by atoms with Gasteiger partial charge in [-0.3, -0.25) is 9.59 Å². The first-order chi connectivity index (χ1) is 12.6. The Balaban J connectivity index is 1.66. The predicted octanol–water partition coefficient (Wildman–Crippen LogP) is 2.85. The molecule has 2 aliphatic heterocycles. The number of carbonyl (C=O) groups is 2. The van der Waals surface area contributed by atoms with Crippen LogP contribution in [-0.2, 0) is 9.59 Å². The highest BCUT2D eigenvalue weighted by molar-refractivity contribution is 6.31. The number of halogens is 1. The van der Waals surface area contributed by atoms with E-state index in [2.05, 4.69) is 5.32 Å². The minimum Gasteiger partial charge on any atom is -0.343 e. The summed E-state index contributed by atoms with van der Waals surface area (Å²) in [6.45, 7) is 5.64. The molecule has 0 spiro atoms. The van der Waals surface area contributed by atoms with Gasteiger partial charge in [0.2, 0.25) is 11.8 Å². The fourth-order valence-corrected chi connectivity index (χ4v) is 4.24. The maximum Gasteiger partial charge on any atom is 0.226 e. The third-order valence-electron chi connectivity index (χ3n) is 5.45. The molecule has 2 fully saturated rings. The Labute approximate surface area is 160 Å². The summed E-state index contributed by atoms with van der Waals surface area (Å²) < 4.78 is 0. The quantitative estimate of drug-likeness (QED) is 0.877. The van der Waals surface area contributed by atoms with Crippen molar-refractivity contribution in [2.75, 3.05) is 32.7 Å². The number of piperidine rings is 1. The molecule has 142 valence electrons. The topological polar surface area (TPSA) is 52.7 Å². The van der Waals surface area contributed by atoms with Gasteiger partial charge in [0.15, 0.2) is 0 Å². The lowest BCUT2D eigenvalue weighted by atomic mass is 9.93. The number of carbonyl (C=O) groups excluding carboxylic acids is 2. The minimum atomic E-state index is -0.0234. The summed E-state index contributed by atoms with van der Waals surface area (Å²) in [6.07, 6.45) is 2.99. The summed E-state index contributed by atoms with van der Waals surface area (Å²) in [4.78, 5) is 29.2. The van der Waals surface area contributed by atoms with Crippen molar-refractivity contribution in [3.8, 4) is 0 Å². The zero-order valence-corrected chi connectivity index (χ0v) is 16.2. The van der Waals surface area contributed by atoms with Crippen molar-refractivity contribution in [1.82, 2.24) is 15.1 Å². The van der Waals surface area contributed by atoms with Crippen LogP contribution in [0.4, 0.5) is 0 Å². The molecular formula is C20H28ClN3O2. The summed E-state index contributed by atoms with van der Waals surface area (Å²) in [7, 11) is 0. The number of hydrogen-bond acceptors (Lipinski definition) is 3. The van der Waals surface area contributed by atoms with Gasteiger partial charge in [0, 0.05) is 50.1 Å². The Morgan fingerprint density at radius 1 is 1.19 bits per heavy atom. The molecule has 0 aliphatic carbocycles. The van der Waals surface area contributed by atoms with Crippen molar-refractivity contribution in [1.29, 1.82) is 0 Å². The number of nitrogens with zero attached hydrogens (tertiary/aromatic N) is 2. The van der Waals surface area contributed by atoms with E-state index in [1.807, 2.05) is 41.0 Å². The average molecular weight is 378 g/mol. The van der Waals surface area contributed by atoms with Crippen molar-refractivity contribution in [2.24, 2.45) is 5.92 Å². The molecule has 1 unspecified atom stereocenters. The first-order valence-corrected chi connectivity index (χ1v) is 10.0. The molecule has 0 bridgehead atoms. The van der Waals surface area contributed by atoms with Gasteiger partial charge in [0.25, 0.3) is 0 Å². The largest absolute Gasteiger partial charge is 0.343 e. The highest BCUT2D eigenvalue weighted by atomic mass is 35.5. The lowest BCUT2D eigenvalue weighted by Gasteiger charge is -2.40. The first-order valence-electron chi connectivity index (χ1n) is 9.65. The van der Waals surface area contributed by atoms with Crippen molar-refractivity contribution >= 4 is 23.4 Å². The predicted molar refractivity (Wildman–Crippen MR) is 103 cm³/mol. The average Bonchev–Trinajstić information content (AvgIpc) is 2.68. The SMILES string of the molecule is CCCC(=O)N1CCC(C(=O)N2CCNCC2c2ccccc2Cl)CC1. The maximum atomic E-state index is 13.2. The lowest BCUT2D eigenvalue weighted by molar-refractivity contribution is -0.143. The molecule has 0 aromatic heterocycles. The van der Waals surface area contributed by atoms with E-state index in [9.17, 15) is 9.59 Å². The van der Waals surface area contributed by atoms with Crippen molar-refractivity contribution in [3.63, 3.8) is 0 Å². The summed E-state index contributed by atoms with van der Waals surface area (Å²) in [6, 6.07) is 7.75. The Hall–Kier alpha value is -1.59. The molecule has 2 heterocycles. The van der Waals surface area contributed by atoms with Gasteiger partial charge in [-0.2, -0.15) is 0 Å². The van der Waals surface area contributed by atoms with E-state index in [4.69, 9.17) is 11.6 Å². The van der Waals surface area contributed by atoms with Crippen LogP contribution in [0.5, 0.6) is 0 Å². The van der Waals surface area contributed by atoms with Crippen molar-refractivity contribution in [2.45, 2.75) is 38.6 Å². The number of amides is 2. The van der Waals surface area contributed by atoms with Crippen LogP contribution in [0.1, 0.15) is 44.2 Å². The Morgan fingerprint density at radius 2 is 1.92 bits per heavy atom. The normalized spacial score (nSPS) is 21.7. The van der Waals surface area contributed by atoms with Gasteiger partial charge in [0.05, 0.1) is 6.04 Å². The molecule has 0 radical (unpaired) electrons. The minimum absolute atomic E-state index is 0.00349. The second-order valence-electron chi connectivity index (χ2n) is 7.18. The van der Waals surface area contributed by atoms with E-state index in [0.29, 0.717) is 31.1 Å². The van der Waals surface area contributed by atoms with Gasteiger partial charge >= 0.3 is 0 Å². The fraction of sp³-hybridized carbons (Fsp3) is 0.600. The third kappa shape index (κ3) is 4.21. The monoisotopic (exact) mass is 377 g/mol. The summed E-state index contributed by atoms with van der Waals surface area (Å²) >= 11 is 6.39. The van der Waals surface area contributed by atoms with Crippen molar-refractivity contribution in [3.05, 3.63) is 34.9 Å². The zero-order chi connectivity index (χ0) is 18.5. The van der Waals surface area contributed by atoms with E-state index < -0.39 is 0 Å². The van der Waals surface area contributed by atoms with Gasteiger partial charge in [-0.15, -0.1) is 0 Å². The fourth-order valence-electron chi connectivity index (χ4n) is 3.97. The van der Waals surface area contributed by atoms with E-state index in [1.165, 1.54) is 0 Å². The number of nitrogens with one attached hydrogen (secondary N) is 1. The number of piperazine rings is 1. The number of hydrogen-bond donors (Lipinski definition) is 1. The molecule has 1 N–H and O–H groups in total. The number of rotatable bonds is 4. The van der Waals surface area contributed by atoms with E-state index in [1.54, 1.807) is 0 Å². The standard InChI is InChI=1S/C20H28ClN3O2/c1-2-5-19(25)23-11-8-15(9-12-23)20(26)24-13-10-22-14-18(24)16-6-3-4-7-17(16)21/h3-4,6-7,15,18,22H,2,5,8-14H2,1H3. The molecular weight excluding hydrogens is 350 g/mol. The Bertz CT molecular complexity index is 644. The van der Waals surface area contributed by atoms with Gasteiger partial charge in [0.1, 0.15) is 0 Å². The van der Waals surface area contributed by atoms with Crippen LogP contribution in [0.3, 0.4) is 0 Å². The van der Waals surface area contributed by atoms with E-state index >= 15 is 0 Å². The van der Waals surface area contributed by atoms with Gasteiger partial charge in [-0.1, -0.05) is 36.7 Å². The van der Waals surface area contributed by atoms with E-state index in [-0.39, 0.29) is 23.8 Å². The molecule has 2 saturated heterocycles. The highest BCUT2D eigenvalue weighted by Crippen LogP contribution is 2.31. The molecule has 5 nitrogen and oxygen atoms in total. The van der Waals surface area contributed by atoms with Crippen LogP contribution in [0.2, 0.25) is 5.02 Å². The van der Waals surface area contributed by atoms with Gasteiger partial charge in [-0.25, -0.2) is 0 Å². The molecule has 26 heavy (non-hydrogen) atoms. The summed E-state index contributed by atoms with van der Waals surface area (Å²) in [5.41, 5.74) is 1.00. The van der Waals surface area contributed by atoms with Crippen LogP contribution in [-0.4, -0.2) is 54.3 Å². The van der Waals surface area contributed by atoms with Gasteiger partial charge < -0.3 is 15.1 Å². The summed E-state index contributed by atoms with van der Waals surface area (Å²) in [5, 5.41) is 4.09. The molecule has 0 saturated carbocycles. The van der Waals surface area contributed by atoms with Crippen LogP contribution >= 0.6 is 11.6 Å². The second kappa shape index (κ2) is 8.87. The van der Waals surface area contributed by atoms with Gasteiger partial charge in [-0.05, 0) is 30.9 Å². The number of likely N-dealkylation sites (tertiary alicyclic amines) is 1. The second-order valence-corrected chi connectivity index (χ2v) is 7.59. The molecule has 6 heteroatoms. The first kappa shape index (κ1) is 19.2. The third-order valence-corrected chi connectivity index (χ3v) is 5.80. The molecule has 1 aromatic rings. The van der Waals surface area contributed by atoms with Crippen LogP contribution in [0, 0.1) is 5.92 Å². The Kier molecular flexibility index (Phi) is 6.54. The zero-order valence-electron chi connectivity index (χ0n) is 15.4. The molecule has 3 rings (SSSR count). The highest BCUT2D eigenvalue weighted by Gasteiger charge is 2.35. The maximum absolute atomic E-state index is 13.2. The van der Waals surface area contributed by atoms with E-state index in [0.717, 1.165) is 37.9 Å². The van der Waals surface area contributed by atoms with Crippen molar-refractivity contribution < 1.29 is 9.59 Å². The Morgan fingerprint density at radius 3 is 2.62 bits per heavy atom. The molecule has 2 amide bonds. The lowest BCUT2D eigenvalue weighted by Crippen LogP contribution is -2.52. The molecule has 1 atom stereocenters. The van der Waals surface area contributed by atoms with Crippen LogP contribution in [0.25, 0.3) is 0 Å². The number of benzene rings is 1. The molecule has 1 aromatic carbocycles. The van der Waals surface area contributed by atoms with Crippen LogP contribution < -0.4 is 5.32 Å². The summed E-state index contributed by atoms with van der Waals surface area (Å²) in [5.74, 6) is 0.428. The smallest absolute Gasteiger partial charge is 0.226 e. The molecule has 2 aliphatic rings. The van der Waals surface area contributed by atoms with Crippen LogP contribution in [0.15, 0.2) is 24.3 Å².